The molecule has 2 aromatic rings. The van der Waals surface area contributed by atoms with Gasteiger partial charge in [-0.25, -0.2) is 13.4 Å². The van der Waals surface area contributed by atoms with E-state index in [0.29, 0.717) is 67.7 Å². The number of anilines is 3. The highest BCUT2D eigenvalue weighted by atomic mass is 32.2. The summed E-state index contributed by atoms with van der Waals surface area (Å²) in [5, 5.41) is 19.4. The van der Waals surface area contributed by atoms with Gasteiger partial charge < -0.3 is 30.5 Å². The second-order valence-corrected chi connectivity index (χ2v) is 12.9. The van der Waals surface area contributed by atoms with E-state index in [-0.39, 0.29) is 11.0 Å². The van der Waals surface area contributed by atoms with Crippen molar-refractivity contribution < 1.29 is 27.8 Å². The summed E-state index contributed by atoms with van der Waals surface area (Å²) in [5.74, 6) is 1.35. The van der Waals surface area contributed by atoms with Crippen LogP contribution in [0.1, 0.15) is 48.9 Å². The topological polar surface area (TPSA) is 155 Å². The quantitative estimate of drug-likeness (QED) is 0.325. The summed E-state index contributed by atoms with van der Waals surface area (Å²) >= 11 is 0. The van der Waals surface area contributed by atoms with Crippen LogP contribution in [0.5, 0.6) is 0 Å². The fourth-order valence-electron chi connectivity index (χ4n) is 5.39. The first kappa shape index (κ1) is 29.6. The zero-order chi connectivity index (χ0) is 28.7. The monoisotopic (exact) mass is 588 g/mol. The Morgan fingerprint density at radius 2 is 1.54 bits per heavy atom. The average Bonchev–Trinajstić information content (AvgIpc) is 3.01. The number of morpholine rings is 1. The van der Waals surface area contributed by atoms with E-state index < -0.39 is 15.9 Å². The van der Waals surface area contributed by atoms with E-state index in [9.17, 15) is 18.3 Å². The summed E-state index contributed by atoms with van der Waals surface area (Å²) in [6.45, 7) is 4.27. The van der Waals surface area contributed by atoms with E-state index in [2.05, 4.69) is 25.9 Å². The number of rotatable bonds is 10. The van der Waals surface area contributed by atoms with Crippen molar-refractivity contribution in [1.29, 1.82) is 0 Å². The van der Waals surface area contributed by atoms with E-state index in [0.717, 1.165) is 58.3 Å². The van der Waals surface area contributed by atoms with E-state index in [1.165, 1.54) is 22.6 Å². The van der Waals surface area contributed by atoms with Crippen LogP contribution in [0.4, 0.5) is 17.5 Å². The number of aliphatic hydroxyl groups is 1. The molecule has 1 saturated carbocycles. The van der Waals surface area contributed by atoms with Gasteiger partial charge in [0.05, 0.1) is 24.2 Å². The lowest BCUT2D eigenvalue weighted by molar-refractivity contribution is 0.0699. The van der Waals surface area contributed by atoms with E-state index in [1.54, 1.807) is 12.1 Å². The molecule has 1 aromatic heterocycles. The molecule has 13 heteroatoms. The highest BCUT2D eigenvalue weighted by Crippen LogP contribution is 2.26. The molecule has 4 N–H and O–H groups in total. The number of aromatic nitrogens is 2. The summed E-state index contributed by atoms with van der Waals surface area (Å²) in [4.78, 5) is 22.6. The fraction of sp³-hybridized carbons (Fsp3) is 0.607. The molecule has 1 amide bonds. The van der Waals surface area contributed by atoms with Crippen LogP contribution in [0.25, 0.3) is 0 Å². The van der Waals surface area contributed by atoms with Gasteiger partial charge in [-0.1, -0.05) is 0 Å². The Kier molecular flexibility index (Phi) is 10.0. The first-order valence-corrected chi connectivity index (χ1v) is 15.9. The summed E-state index contributed by atoms with van der Waals surface area (Å²) in [6, 6.07) is 6.15. The molecule has 0 radical (unpaired) electrons. The maximum absolute atomic E-state index is 13.3. The van der Waals surface area contributed by atoms with Gasteiger partial charge >= 0.3 is 0 Å². The van der Waals surface area contributed by atoms with E-state index >= 15 is 0 Å². The third-order valence-electron chi connectivity index (χ3n) is 8.02. The van der Waals surface area contributed by atoms with Gasteiger partial charge in [-0.05, 0) is 74.6 Å². The maximum atomic E-state index is 13.3. The molecule has 3 heterocycles. The number of nitrogens with zero attached hydrogens (tertiary/aromatic N) is 3. The smallest absolute Gasteiger partial charge is 0.260 e. The summed E-state index contributed by atoms with van der Waals surface area (Å²) in [6.07, 6.45) is 6.63. The predicted octanol–water partition coefficient (Wildman–Crippen LogP) is 2.55. The molecule has 0 bridgehead atoms. The zero-order valence-electron chi connectivity index (χ0n) is 23.3. The Balaban J connectivity index is 1.27. The zero-order valence-corrected chi connectivity index (χ0v) is 24.1. The Bertz CT molecular complexity index is 1260. The predicted molar refractivity (Wildman–Crippen MR) is 154 cm³/mol. The minimum atomic E-state index is -3.63. The summed E-state index contributed by atoms with van der Waals surface area (Å²) in [7, 11) is -3.63. The van der Waals surface area contributed by atoms with Crippen molar-refractivity contribution in [3.05, 3.63) is 36.0 Å². The van der Waals surface area contributed by atoms with Gasteiger partial charge in [0.25, 0.3) is 5.91 Å². The number of amides is 1. The Morgan fingerprint density at radius 3 is 2.24 bits per heavy atom. The molecule has 2 aliphatic heterocycles. The van der Waals surface area contributed by atoms with Gasteiger partial charge in [0.1, 0.15) is 11.4 Å². The minimum Gasteiger partial charge on any atom is -0.393 e. The van der Waals surface area contributed by atoms with E-state index in [1.807, 2.05) is 0 Å². The van der Waals surface area contributed by atoms with Gasteiger partial charge in [-0.15, -0.1) is 0 Å². The van der Waals surface area contributed by atoms with Crippen molar-refractivity contribution in [3.8, 4) is 0 Å². The van der Waals surface area contributed by atoms with Crippen molar-refractivity contribution in [2.75, 3.05) is 68.6 Å². The number of carbonyl (C=O) groups is 1. The number of aliphatic hydroxyl groups excluding tert-OH is 1. The lowest BCUT2D eigenvalue weighted by Gasteiger charge is -2.26. The van der Waals surface area contributed by atoms with Crippen molar-refractivity contribution >= 4 is 33.4 Å². The highest BCUT2D eigenvalue weighted by molar-refractivity contribution is 7.89. The molecule has 1 aromatic carbocycles. The molecular weight excluding hydrogens is 548 g/mol. The van der Waals surface area contributed by atoms with Crippen LogP contribution in [0, 0.1) is 11.8 Å². The van der Waals surface area contributed by atoms with Crippen molar-refractivity contribution in [2.45, 2.75) is 49.5 Å². The van der Waals surface area contributed by atoms with Crippen LogP contribution in [0.3, 0.4) is 0 Å². The Morgan fingerprint density at radius 1 is 0.902 bits per heavy atom. The second kappa shape index (κ2) is 13.9. The number of carbonyl (C=O) groups excluding carboxylic acids is 1. The standard InChI is InChI=1S/C28H40N6O6S/c35-23-5-1-20(2-6-23)17-29-26-25(19-31-28(33-26)30-18-21-9-13-39-14-10-21)27(36)32-22-3-7-24(8-4-22)41(37,38)34-11-15-40-16-12-34/h3-4,7-8,19-21,23,35H,1-2,5-6,9-18H2,(H,32,36)(H2,29,30,31,33). The summed E-state index contributed by atoms with van der Waals surface area (Å²) in [5.41, 5.74) is 0.757. The first-order chi connectivity index (χ1) is 19.9. The van der Waals surface area contributed by atoms with Crippen LogP contribution < -0.4 is 16.0 Å². The number of hydrogen-bond donors (Lipinski definition) is 4. The van der Waals surface area contributed by atoms with Crippen LogP contribution in [0.15, 0.2) is 35.4 Å². The lowest BCUT2D eigenvalue weighted by atomic mass is 9.87. The first-order valence-electron chi connectivity index (χ1n) is 14.5. The van der Waals surface area contributed by atoms with Crippen LogP contribution in [-0.2, 0) is 19.5 Å². The van der Waals surface area contributed by atoms with E-state index in [4.69, 9.17) is 9.47 Å². The lowest BCUT2D eigenvalue weighted by Crippen LogP contribution is -2.40. The molecular formula is C28H40N6O6S. The molecule has 41 heavy (non-hydrogen) atoms. The molecule has 3 aliphatic rings. The molecule has 0 atom stereocenters. The molecule has 5 rings (SSSR count). The largest absolute Gasteiger partial charge is 0.393 e. The van der Waals surface area contributed by atoms with Gasteiger partial charge in [-0.2, -0.15) is 9.29 Å². The fourth-order valence-corrected chi connectivity index (χ4v) is 6.80. The van der Waals surface area contributed by atoms with Crippen LogP contribution in [-0.4, -0.2) is 92.4 Å². The molecule has 0 unspecified atom stereocenters. The van der Waals surface area contributed by atoms with Gasteiger partial charge in [-0.3, -0.25) is 4.79 Å². The van der Waals surface area contributed by atoms with Crippen molar-refractivity contribution in [3.63, 3.8) is 0 Å². The average molecular weight is 589 g/mol. The molecule has 224 valence electrons. The third-order valence-corrected chi connectivity index (χ3v) is 9.93. The van der Waals surface area contributed by atoms with Crippen molar-refractivity contribution in [2.24, 2.45) is 11.8 Å². The number of benzene rings is 1. The third kappa shape index (κ3) is 7.92. The number of sulfonamides is 1. The van der Waals surface area contributed by atoms with Crippen LogP contribution in [0.2, 0.25) is 0 Å². The minimum absolute atomic E-state index is 0.167. The van der Waals surface area contributed by atoms with Crippen LogP contribution >= 0.6 is 0 Å². The van der Waals surface area contributed by atoms with Crippen molar-refractivity contribution in [1.82, 2.24) is 14.3 Å². The SMILES string of the molecule is O=C(Nc1ccc(S(=O)(=O)N2CCOCC2)cc1)c1cnc(NCC2CCOCC2)nc1NCC1CCC(O)CC1. The number of ether oxygens (including phenoxy) is 2. The normalized spacial score (nSPS) is 22.7. The summed E-state index contributed by atoms with van der Waals surface area (Å²) < 4.78 is 38.0. The molecule has 12 nitrogen and oxygen atoms in total. The molecule has 3 fully saturated rings. The van der Waals surface area contributed by atoms with Gasteiger partial charge in [0, 0.05) is 51.3 Å². The highest BCUT2D eigenvalue weighted by Gasteiger charge is 2.26. The van der Waals surface area contributed by atoms with Gasteiger partial charge in [0.15, 0.2) is 0 Å². The number of hydrogen-bond acceptors (Lipinski definition) is 10. The Hall–Kier alpha value is -2.84. The maximum Gasteiger partial charge on any atom is 0.260 e. The second-order valence-electron chi connectivity index (χ2n) is 10.9. The molecule has 0 spiro atoms. The van der Waals surface area contributed by atoms with Gasteiger partial charge in [0.2, 0.25) is 16.0 Å². The molecule has 1 aliphatic carbocycles. The number of nitrogens with one attached hydrogen (secondary N) is 3. The Labute approximate surface area is 241 Å². The molecule has 2 saturated heterocycles.